The number of hydrogen-bond acceptors (Lipinski definition) is 2. The van der Waals surface area contributed by atoms with Gasteiger partial charge in [0.1, 0.15) is 5.75 Å². The van der Waals surface area contributed by atoms with Gasteiger partial charge in [-0.25, -0.2) is 0 Å². The van der Waals surface area contributed by atoms with Gasteiger partial charge in [0.25, 0.3) is 0 Å². The minimum atomic E-state index is 0.589. The molecule has 0 bridgehead atoms. The van der Waals surface area contributed by atoms with Crippen molar-refractivity contribution in [3.63, 3.8) is 0 Å². The molecule has 1 atom stereocenters. The molecule has 0 fully saturated rings. The predicted octanol–water partition coefficient (Wildman–Crippen LogP) is 4.75. The highest BCUT2D eigenvalue weighted by Crippen LogP contribution is 2.35. The van der Waals surface area contributed by atoms with Crippen LogP contribution in [0.3, 0.4) is 0 Å². The van der Waals surface area contributed by atoms with Crippen LogP contribution < -0.4 is 10.1 Å². The summed E-state index contributed by atoms with van der Waals surface area (Å²) in [5.74, 6) is 1.49. The molecule has 1 N–H and O–H groups in total. The molecule has 0 saturated heterocycles. The zero-order valence-corrected chi connectivity index (χ0v) is 14.4. The molecule has 0 heterocycles. The summed E-state index contributed by atoms with van der Waals surface area (Å²) >= 11 is 7.15. The maximum Gasteiger partial charge on any atom is 0.147 e. The fourth-order valence-corrected chi connectivity index (χ4v) is 3.37. The smallest absolute Gasteiger partial charge is 0.147 e. The first-order valence-corrected chi connectivity index (χ1v) is 7.92. The Balaban J connectivity index is 2.71. The monoisotopic (exact) mass is 377 g/mol. The Kier molecular flexibility index (Phi) is 7.27. The number of benzene rings is 1. The second-order valence-electron chi connectivity index (χ2n) is 4.62. The average molecular weight is 379 g/mol. The minimum absolute atomic E-state index is 0.589. The van der Waals surface area contributed by atoms with Crippen molar-refractivity contribution < 1.29 is 4.74 Å². The lowest BCUT2D eigenvalue weighted by Gasteiger charge is -2.15. The van der Waals surface area contributed by atoms with Crippen molar-refractivity contribution in [2.75, 3.05) is 13.7 Å². The van der Waals surface area contributed by atoms with Crippen molar-refractivity contribution in [2.24, 2.45) is 5.92 Å². The van der Waals surface area contributed by atoms with Gasteiger partial charge in [-0.3, -0.25) is 0 Å². The van der Waals surface area contributed by atoms with Gasteiger partial charge in [0, 0.05) is 6.54 Å². The summed E-state index contributed by atoms with van der Waals surface area (Å²) in [7, 11) is 1.94. The molecule has 0 amide bonds. The van der Waals surface area contributed by atoms with Crippen LogP contribution in [0.15, 0.2) is 21.1 Å². The second-order valence-corrected chi connectivity index (χ2v) is 6.33. The van der Waals surface area contributed by atoms with Gasteiger partial charge in [-0.15, -0.1) is 0 Å². The van der Waals surface area contributed by atoms with E-state index < -0.39 is 0 Å². The summed E-state index contributed by atoms with van der Waals surface area (Å²) in [4.78, 5) is 0. The Hall–Kier alpha value is -0.0600. The zero-order valence-electron chi connectivity index (χ0n) is 11.2. The molecule has 1 aromatic carbocycles. The topological polar surface area (TPSA) is 21.3 Å². The van der Waals surface area contributed by atoms with Crippen LogP contribution in [0, 0.1) is 5.92 Å². The predicted molar refractivity (Wildman–Crippen MR) is 84.2 cm³/mol. The minimum Gasteiger partial charge on any atom is -0.491 e. The van der Waals surface area contributed by atoms with E-state index >= 15 is 0 Å². The molecule has 0 radical (unpaired) electrons. The van der Waals surface area contributed by atoms with E-state index in [9.17, 15) is 0 Å². The summed E-state index contributed by atoms with van der Waals surface area (Å²) in [5.41, 5.74) is 1.23. The first-order valence-electron chi connectivity index (χ1n) is 6.33. The van der Waals surface area contributed by atoms with E-state index in [1.165, 1.54) is 18.4 Å². The molecule has 0 aliphatic carbocycles. The van der Waals surface area contributed by atoms with Crippen LogP contribution in [0.1, 0.15) is 32.3 Å². The van der Waals surface area contributed by atoms with Crippen LogP contribution in [0.5, 0.6) is 5.75 Å². The molecular weight excluding hydrogens is 358 g/mol. The number of halogens is 2. The molecule has 4 heteroatoms. The molecule has 0 aliphatic rings. The van der Waals surface area contributed by atoms with Crippen LogP contribution in [-0.4, -0.2) is 13.7 Å². The third-order valence-corrected chi connectivity index (χ3v) is 3.91. The lowest BCUT2D eigenvalue weighted by atomic mass is 10.1. The Labute approximate surface area is 127 Å². The Morgan fingerprint density at radius 3 is 2.39 bits per heavy atom. The zero-order chi connectivity index (χ0) is 13.5. The SMILES string of the molecule is CCCC(C)COc1c(Br)cc(CNC)cc1Br. The van der Waals surface area contributed by atoms with Crippen LogP contribution in [-0.2, 0) is 6.54 Å². The largest absolute Gasteiger partial charge is 0.491 e. The van der Waals surface area contributed by atoms with Crippen LogP contribution in [0.2, 0.25) is 0 Å². The van der Waals surface area contributed by atoms with Gasteiger partial charge in [0.05, 0.1) is 15.6 Å². The van der Waals surface area contributed by atoms with Gasteiger partial charge in [-0.1, -0.05) is 20.3 Å². The van der Waals surface area contributed by atoms with Crippen molar-refractivity contribution >= 4 is 31.9 Å². The number of nitrogens with one attached hydrogen (secondary N) is 1. The van der Waals surface area contributed by atoms with Gasteiger partial charge in [-0.2, -0.15) is 0 Å². The summed E-state index contributed by atoms with van der Waals surface area (Å²) in [6, 6.07) is 4.20. The maximum absolute atomic E-state index is 5.90. The van der Waals surface area contributed by atoms with Crippen molar-refractivity contribution in [1.82, 2.24) is 5.32 Å². The van der Waals surface area contributed by atoms with E-state index in [-0.39, 0.29) is 0 Å². The van der Waals surface area contributed by atoms with Gasteiger partial charge in [0.2, 0.25) is 0 Å². The molecule has 0 saturated carbocycles. The van der Waals surface area contributed by atoms with Crippen molar-refractivity contribution in [3.8, 4) is 5.75 Å². The quantitative estimate of drug-likeness (QED) is 0.739. The normalized spacial score (nSPS) is 12.5. The summed E-state index contributed by atoms with van der Waals surface area (Å²) in [6.45, 7) is 6.04. The van der Waals surface area contributed by atoms with Gasteiger partial charge in [-0.05, 0) is 68.9 Å². The second kappa shape index (κ2) is 8.18. The maximum atomic E-state index is 5.90. The molecule has 0 aliphatic heterocycles. The van der Waals surface area contributed by atoms with Gasteiger partial charge >= 0.3 is 0 Å². The standard InChI is InChI=1S/C14H21Br2NO/c1-4-5-10(2)9-18-14-12(15)6-11(8-17-3)7-13(14)16/h6-7,10,17H,4-5,8-9H2,1-3H3. The van der Waals surface area contributed by atoms with Crippen molar-refractivity contribution in [2.45, 2.75) is 33.2 Å². The highest BCUT2D eigenvalue weighted by molar-refractivity contribution is 9.11. The molecule has 1 rings (SSSR count). The van der Waals surface area contributed by atoms with E-state index in [4.69, 9.17) is 4.74 Å². The molecule has 1 aromatic rings. The van der Waals surface area contributed by atoms with E-state index in [0.29, 0.717) is 5.92 Å². The summed E-state index contributed by atoms with van der Waals surface area (Å²) < 4.78 is 7.91. The Morgan fingerprint density at radius 1 is 1.28 bits per heavy atom. The lowest BCUT2D eigenvalue weighted by Crippen LogP contribution is -2.09. The molecule has 1 unspecified atom stereocenters. The Bertz CT molecular complexity index is 359. The number of rotatable bonds is 7. The van der Waals surface area contributed by atoms with Gasteiger partial charge < -0.3 is 10.1 Å². The average Bonchev–Trinajstić information content (AvgIpc) is 2.28. The lowest BCUT2D eigenvalue weighted by molar-refractivity contribution is 0.249. The van der Waals surface area contributed by atoms with Crippen molar-refractivity contribution in [1.29, 1.82) is 0 Å². The summed E-state index contributed by atoms with van der Waals surface area (Å²) in [6.07, 6.45) is 2.40. The van der Waals surface area contributed by atoms with Crippen LogP contribution in [0.25, 0.3) is 0 Å². The van der Waals surface area contributed by atoms with E-state index in [1.807, 2.05) is 7.05 Å². The summed E-state index contributed by atoms with van der Waals surface area (Å²) in [5, 5.41) is 3.14. The molecule has 2 nitrogen and oxygen atoms in total. The van der Waals surface area contributed by atoms with Crippen LogP contribution in [0.4, 0.5) is 0 Å². The van der Waals surface area contributed by atoms with E-state index in [1.54, 1.807) is 0 Å². The van der Waals surface area contributed by atoms with E-state index in [2.05, 4.69) is 63.2 Å². The highest BCUT2D eigenvalue weighted by atomic mass is 79.9. The fourth-order valence-electron chi connectivity index (χ4n) is 1.86. The number of ether oxygens (including phenoxy) is 1. The highest BCUT2D eigenvalue weighted by Gasteiger charge is 2.10. The van der Waals surface area contributed by atoms with Crippen molar-refractivity contribution in [3.05, 3.63) is 26.6 Å². The first kappa shape index (κ1) is 16.0. The third-order valence-electron chi connectivity index (χ3n) is 2.73. The first-order chi connectivity index (χ1) is 8.58. The number of hydrogen-bond donors (Lipinski definition) is 1. The van der Waals surface area contributed by atoms with Gasteiger partial charge in [0.15, 0.2) is 0 Å². The molecule has 0 spiro atoms. The molecule has 102 valence electrons. The molecule has 18 heavy (non-hydrogen) atoms. The Morgan fingerprint density at radius 2 is 1.89 bits per heavy atom. The molecular formula is C14H21Br2NO. The van der Waals surface area contributed by atoms with E-state index in [0.717, 1.165) is 27.8 Å². The van der Waals surface area contributed by atoms with Crippen LogP contribution >= 0.6 is 31.9 Å². The third kappa shape index (κ3) is 4.90. The molecule has 0 aromatic heterocycles. The fraction of sp³-hybridized carbons (Fsp3) is 0.571.